The molecule has 1 saturated heterocycles. The van der Waals surface area contributed by atoms with E-state index in [-0.39, 0.29) is 11.9 Å². The van der Waals surface area contributed by atoms with Gasteiger partial charge in [-0.25, -0.2) is 0 Å². The van der Waals surface area contributed by atoms with Gasteiger partial charge >= 0.3 is 0 Å². The van der Waals surface area contributed by atoms with Gasteiger partial charge in [0, 0.05) is 12.6 Å². The molecule has 0 aliphatic carbocycles. The fraction of sp³-hybridized carbons (Fsp3) is 0.667. The van der Waals surface area contributed by atoms with Crippen LogP contribution >= 0.6 is 0 Å². The molecule has 1 amide bonds. The van der Waals surface area contributed by atoms with Crippen LogP contribution in [0, 0.1) is 5.92 Å². The van der Waals surface area contributed by atoms with Crippen molar-refractivity contribution in [1.82, 2.24) is 5.32 Å². The van der Waals surface area contributed by atoms with Crippen LogP contribution in [0.15, 0.2) is 12.7 Å². The van der Waals surface area contributed by atoms with E-state index in [4.69, 9.17) is 4.74 Å². The molecule has 0 spiro atoms. The fourth-order valence-electron chi connectivity index (χ4n) is 1.34. The molecule has 2 unspecified atom stereocenters. The number of carbonyl (C=O) groups excluding carboxylic acids is 1. The molecule has 0 aromatic rings. The van der Waals surface area contributed by atoms with Crippen LogP contribution in [-0.4, -0.2) is 25.2 Å². The molecule has 0 radical (unpaired) electrons. The highest BCUT2D eigenvalue weighted by Crippen LogP contribution is 2.13. The van der Waals surface area contributed by atoms with E-state index in [1.54, 1.807) is 0 Å². The van der Waals surface area contributed by atoms with E-state index >= 15 is 0 Å². The molecule has 1 aliphatic heterocycles. The van der Waals surface area contributed by atoms with E-state index in [0.717, 1.165) is 19.6 Å². The van der Waals surface area contributed by atoms with Gasteiger partial charge in [-0.15, -0.1) is 0 Å². The summed E-state index contributed by atoms with van der Waals surface area (Å²) >= 11 is 0. The van der Waals surface area contributed by atoms with Crippen LogP contribution in [0.2, 0.25) is 0 Å². The van der Waals surface area contributed by atoms with Crippen molar-refractivity contribution in [2.75, 3.05) is 13.2 Å². The number of carbonyl (C=O) groups is 1. The Balaban J connectivity index is 2.38. The first-order chi connectivity index (χ1) is 5.74. The van der Waals surface area contributed by atoms with Crippen LogP contribution in [0.1, 0.15) is 13.3 Å². The lowest BCUT2D eigenvalue weighted by Crippen LogP contribution is -2.43. The monoisotopic (exact) mass is 169 g/mol. The number of amides is 1. The van der Waals surface area contributed by atoms with Crippen LogP contribution in [0.25, 0.3) is 0 Å². The summed E-state index contributed by atoms with van der Waals surface area (Å²) < 4.78 is 5.25. The Morgan fingerprint density at radius 2 is 2.50 bits per heavy atom. The molecule has 2 atom stereocenters. The molecule has 0 aromatic heterocycles. The van der Waals surface area contributed by atoms with Crippen LogP contribution in [0.5, 0.6) is 0 Å². The summed E-state index contributed by atoms with van der Waals surface area (Å²) in [5.74, 6) is 0.316. The largest absolute Gasteiger partial charge is 0.381 e. The van der Waals surface area contributed by atoms with Crippen LogP contribution in [-0.2, 0) is 9.53 Å². The summed E-state index contributed by atoms with van der Waals surface area (Å²) in [6, 6.07) is 0.254. The van der Waals surface area contributed by atoms with E-state index in [1.165, 1.54) is 6.08 Å². The Morgan fingerprint density at radius 3 is 3.08 bits per heavy atom. The lowest BCUT2D eigenvalue weighted by atomic mass is 9.98. The van der Waals surface area contributed by atoms with Crippen molar-refractivity contribution in [1.29, 1.82) is 0 Å². The average molecular weight is 169 g/mol. The third-order valence-electron chi connectivity index (χ3n) is 2.15. The predicted octanol–water partition coefficient (Wildman–Crippen LogP) is 0.714. The predicted molar refractivity (Wildman–Crippen MR) is 46.7 cm³/mol. The molecule has 1 heterocycles. The first-order valence-corrected chi connectivity index (χ1v) is 4.24. The number of nitrogens with one attached hydrogen (secondary N) is 1. The van der Waals surface area contributed by atoms with E-state index in [2.05, 4.69) is 18.8 Å². The van der Waals surface area contributed by atoms with Crippen molar-refractivity contribution in [3.8, 4) is 0 Å². The molecule has 0 saturated carbocycles. The third-order valence-corrected chi connectivity index (χ3v) is 2.15. The molecule has 1 N–H and O–H groups in total. The molecule has 3 heteroatoms. The van der Waals surface area contributed by atoms with E-state index in [0.29, 0.717) is 5.92 Å². The fourth-order valence-corrected chi connectivity index (χ4v) is 1.34. The second-order valence-electron chi connectivity index (χ2n) is 3.16. The Hall–Kier alpha value is -0.830. The van der Waals surface area contributed by atoms with Gasteiger partial charge in [-0.2, -0.15) is 0 Å². The standard InChI is InChI=1S/C9H15NO2/c1-3-9(11)10-8-4-5-12-6-7(8)2/h3,7-8H,1,4-6H2,2H3,(H,10,11). The van der Waals surface area contributed by atoms with E-state index in [1.807, 2.05) is 0 Å². The molecule has 1 aliphatic rings. The Morgan fingerprint density at radius 1 is 1.75 bits per heavy atom. The summed E-state index contributed by atoms with van der Waals surface area (Å²) in [6.45, 7) is 6.97. The number of rotatable bonds is 2. The quantitative estimate of drug-likeness (QED) is 0.618. The molecule has 1 fully saturated rings. The average Bonchev–Trinajstić information content (AvgIpc) is 2.09. The van der Waals surface area contributed by atoms with Gasteiger partial charge in [0.25, 0.3) is 0 Å². The Labute approximate surface area is 72.8 Å². The topological polar surface area (TPSA) is 38.3 Å². The second-order valence-corrected chi connectivity index (χ2v) is 3.16. The maximum absolute atomic E-state index is 11.0. The summed E-state index contributed by atoms with van der Waals surface area (Å²) in [5, 5.41) is 2.88. The van der Waals surface area contributed by atoms with Crippen molar-refractivity contribution in [3.63, 3.8) is 0 Å². The minimum atomic E-state index is -0.0891. The molecule has 12 heavy (non-hydrogen) atoms. The first-order valence-electron chi connectivity index (χ1n) is 4.24. The van der Waals surface area contributed by atoms with Gasteiger partial charge in [-0.3, -0.25) is 4.79 Å². The summed E-state index contributed by atoms with van der Waals surface area (Å²) in [4.78, 5) is 11.0. The first kappa shape index (κ1) is 9.26. The van der Waals surface area contributed by atoms with Crippen molar-refractivity contribution in [2.45, 2.75) is 19.4 Å². The van der Waals surface area contributed by atoms with Crippen molar-refractivity contribution < 1.29 is 9.53 Å². The molecule has 0 aromatic carbocycles. The summed E-state index contributed by atoms with van der Waals surface area (Å²) in [6.07, 6.45) is 2.21. The lowest BCUT2D eigenvalue weighted by molar-refractivity contribution is -0.118. The normalized spacial score (nSPS) is 29.4. The Bertz CT molecular complexity index is 179. The minimum absolute atomic E-state index is 0.0891. The zero-order chi connectivity index (χ0) is 8.97. The summed E-state index contributed by atoms with van der Waals surface area (Å²) in [5.41, 5.74) is 0. The highest BCUT2D eigenvalue weighted by molar-refractivity contribution is 5.87. The van der Waals surface area contributed by atoms with Gasteiger partial charge in [-0.1, -0.05) is 13.5 Å². The van der Waals surface area contributed by atoms with Gasteiger partial charge in [0.15, 0.2) is 0 Å². The molecule has 3 nitrogen and oxygen atoms in total. The van der Waals surface area contributed by atoms with Crippen molar-refractivity contribution >= 4 is 5.91 Å². The van der Waals surface area contributed by atoms with E-state index in [9.17, 15) is 4.79 Å². The van der Waals surface area contributed by atoms with Crippen LogP contribution in [0.3, 0.4) is 0 Å². The zero-order valence-electron chi connectivity index (χ0n) is 7.38. The van der Waals surface area contributed by atoms with Crippen LogP contribution in [0.4, 0.5) is 0 Å². The van der Waals surface area contributed by atoms with Gasteiger partial charge in [-0.05, 0) is 18.4 Å². The highest BCUT2D eigenvalue weighted by atomic mass is 16.5. The number of ether oxygens (including phenoxy) is 1. The second kappa shape index (κ2) is 4.26. The van der Waals surface area contributed by atoms with Gasteiger partial charge < -0.3 is 10.1 Å². The maximum atomic E-state index is 11.0. The number of hydrogen-bond donors (Lipinski definition) is 1. The molecule has 0 bridgehead atoms. The lowest BCUT2D eigenvalue weighted by Gasteiger charge is -2.29. The molecule has 68 valence electrons. The third kappa shape index (κ3) is 2.34. The highest BCUT2D eigenvalue weighted by Gasteiger charge is 2.22. The van der Waals surface area contributed by atoms with Crippen LogP contribution < -0.4 is 5.32 Å². The van der Waals surface area contributed by atoms with Crippen molar-refractivity contribution in [3.05, 3.63) is 12.7 Å². The van der Waals surface area contributed by atoms with E-state index < -0.39 is 0 Å². The summed E-state index contributed by atoms with van der Waals surface area (Å²) in [7, 11) is 0. The van der Waals surface area contributed by atoms with Gasteiger partial charge in [0.05, 0.1) is 6.61 Å². The van der Waals surface area contributed by atoms with Gasteiger partial charge in [0.1, 0.15) is 0 Å². The van der Waals surface area contributed by atoms with Crippen molar-refractivity contribution in [2.24, 2.45) is 5.92 Å². The number of hydrogen-bond acceptors (Lipinski definition) is 2. The molecular formula is C9H15NO2. The maximum Gasteiger partial charge on any atom is 0.243 e. The SMILES string of the molecule is C=CC(=O)NC1CCOCC1C. The molecule has 1 rings (SSSR count). The smallest absolute Gasteiger partial charge is 0.243 e. The minimum Gasteiger partial charge on any atom is -0.381 e. The Kier molecular flexibility index (Phi) is 3.29. The zero-order valence-corrected chi connectivity index (χ0v) is 7.38. The molecular weight excluding hydrogens is 154 g/mol. The van der Waals surface area contributed by atoms with Gasteiger partial charge in [0.2, 0.25) is 5.91 Å².